The van der Waals surface area contributed by atoms with Crippen molar-refractivity contribution < 1.29 is 0 Å². The third-order valence-corrected chi connectivity index (χ3v) is 3.44. The molecule has 0 fully saturated rings. The van der Waals surface area contributed by atoms with Crippen molar-refractivity contribution in [1.29, 1.82) is 0 Å². The molecule has 0 amide bonds. The second-order valence-corrected chi connectivity index (χ2v) is 4.45. The highest BCUT2D eigenvalue weighted by molar-refractivity contribution is 7.09. The Balaban J connectivity index is 1.97. The summed E-state index contributed by atoms with van der Waals surface area (Å²) in [5, 5.41) is 7.53. The Morgan fingerprint density at radius 1 is 1.54 bits per heavy atom. The molecule has 2 aromatic heterocycles. The average Bonchev–Trinajstić information content (AvgIpc) is 2.72. The predicted octanol–water partition coefficient (Wildman–Crippen LogP) is 3.13. The van der Waals surface area contributed by atoms with Crippen LogP contribution in [0, 0.1) is 6.92 Å². The van der Waals surface area contributed by atoms with E-state index >= 15 is 0 Å². The summed E-state index contributed by atoms with van der Waals surface area (Å²) in [6.45, 7) is 2.92. The highest BCUT2D eigenvalue weighted by atomic mass is 32.1. The van der Waals surface area contributed by atoms with Gasteiger partial charge < -0.3 is 5.32 Å². The monoisotopic (exact) mass is 210 g/mol. The van der Waals surface area contributed by atoms with E-state index in [0.29, 0.717) is 0 Å². The number of nitrogens with one attached hydrogen (secondary N) is 1. The van der Waals surface area contributed by atoms with Crippen molar-refractivity contribution in [3.05, 3.63) is 32.9 Å². The van der Waals surface area contributed by atoms with Crippen LogP contribution in [0.2, 0.25) is 0 Å². The third-order valence-electron chi connectivity index (χ3n) is 1.82. The van der Waals surface area contributed by atoms with E-state index in [2.05, 4.69) is 27.1 Å². The van der Waals surface area contributed by atoms with E-state index in [9.17, 15) is 0 Å². The first-order valence-corrected chi connectivity index (χ1v) is 5.83. The second kappa shape index (κ2) is 3.89. The maximum absolute atomic E-state index is 4.20. The zero-order valence-corrected chi connectivity index (χ0v) is 8.91. The average molecular weight is 210 g/mol. The molecule has 0 bridgehead atoms. The normalized spacial score (nSPS) is 10.2. The van der Waals surface area contributed by atoms with Crippen LogP contribution < -0.4 is 5.32 Å². The predicted molar refractivity (Wildman–Crippen MR) is 58.5 cm³/mol. The molecule has 2 heterocycles. The first kappa shape index (κ1) is 8.72. The van der Waals surface area contributed by atoms with Crippen molar-refractivity contribution >= 4 is 28.4 Å². The summed E-state index contributed by atoms with van der Waals surface area (Å²) in [5.74, 6) is 0. The lowest BCUT2D eigenvalue weighted by Crippen LogP contribution is -1.97. The van der Waals surface area contributed by atoms with Gasteiger partial charge in [-0.3, -0.25) is 0 Å². The summed E-state index contributed by atoms with van der Waals surface area (Å²) in [6.07, 6.45) is 0. The van der Waals surface area contributed by atoms with Crippen LogP contribution in [-0.4, -0.2) is 4.98 Å². The summed E-state index contributed by atoms with van der Waals surface area (Å²) in [5.41, 5.74) is 4.21. The van der Waals surface area contributed by atoms with Gasteiger partial charge in [0.15, 0.2) is 0 Å². The van der Waals surface area contributed by atoms with Gasteiger partial charge in [-0.1, -0.05) is 0 Å². The largest absolute Gasteiger partial charge is 0.379 e. The number of aryl methyl sites for hydroxylation is 1. The fourth-order valence-electron chi connectivity index (χ4n) is 1.04. The quantitative estimate of drug-likeness (QED) is 0.842. The lowest BCUT2D eigenvalue weighted by atomic mass is 10.4. The Labute approximate surface area is 85.3 Å². The van der Waals surface area contributed by atoms with Crippen LogP contribution in [0.15, 0.2) is 22.3 Å². The molecule has 0 aliphatic carbocycles. The number of thiazole rings is 1. The molecule has 0 radical (unpaired) electrons. The topological polar surface area (TPSA) is 24.9 Å². The number of aromatic nitrogens is 1. The maximum Gasteiger partial charge on any atom is 0.0798 e. The Morgan fingerprint density at radius 2 is 2.46 bits per heavy atom. The van der Waals surface area contributed by atoms with Crippen LogP contribution in [0.1, 0.15) is 10.6 Å². The smallest absolute Gasteiger partial charge is 0.0798 e. The van der Waals surface area contributed by atoms with Crippen molar-refractivity contribution in [2.75, 3.05) is 5.32 Å². The fraction of sp³-hybridized carbons (Fsp3) is 0.222. The summed E-state index contributed by atoms with van der Waals surface area (Å²) in [7, 11) is 0. The Kier molecular flexibility index (Phi) is 2.61. The lowest BCUT2D eigenvalue weighted by molar-refractivity contribution is 1.12. The van der Waals surface area contributed by atoms with Gasteiger partial charge >= 0.3 is 0 Å². The first-order chi connectivity index (χ1) is 6.36. The van der Waals surface area contributed by atoms with E-state index in [4.69, 9.17) is 0 Å². The van der Waals surface area contributed by atoms with Crippen LogP contribution >= 0.6 is 22.7 Å². The van der Waals surface area contributed by atoms with Gasteiger partial charge in [0.1, 0.15) is 0 Å². The molecule has 0 aliphatic heterocycles. The van der Waals surface area contributed by atoms with Gasteiger partial charge in [-0.05, 0) is 18.4 Å². The summed E-state index contributed by atoms with van der Waals surface area (Å²) < 4.78 is 0. The van der Waals surface area contributed by atoms with E-state index in [0.717, 1.165) is 12.2 Å². The standard InChI is InChI=1S/C9H10N2S2/c1-7-9(13-6-11-7)4-10-8-2-3-12-5-8/h2-3,5-6,10H,4H2,1H3. The lowest BCUT2D eigenvalue weighted by Gasteiger charge is -2.01. The minimum Gasteiger partial charge on any atom is -0.379 e. The van der Waals surface area contributed by atoms with E-state index in [1.165, 1.54) is 10.6 Å². The molecule has 0 unspecified atom stereocenters. The Bertz CT molecular complexity index is 365. The molecule has 68 valence electrons. The molecule has 0 saturated carbocycles. The highest BCUT2D eigenvalue weighted by Crippen LogP contribution is 2.16. The van der Waals surface area contributed by atoms with Crippen LogP contribution in [0.5, 0.6) is 0 Å². The molecule has 13 heavy (non-hydrogen) atoms. The molecule has 0 atom stereocenters. The fourth-order valence-corrected chi connectivity index (χ4v) is 2.37. The van der Waals surface area contributed by atoms with Gasteiger partial charge in [0, 0.05) is 15.9 Å². The molecule has 0 aliphatic rings. The van der Waals surface area contributed by atoms with Gasteiger partial charge in [0.05, 0.1) is 17.7 Å². The number of nitrogens with zero attached hydrogens (tertiary/aromatic N) is 1. The molecule has 2 rings (SSSR count). The summed E-state index contributed by atoms with van der Waals surface area (Å²) in [4.78, 5) is 5.51. The number of hydrogen-bond donors (Lipinski definition) is 1. The first-order valence-electron chi connectivity index (χ1n) is 4.01. The van der Waals surface area contributed by atoms with Gasteiger partial charge in [-0.25, -0.2) is 4.98 Å². The van der Waals surface area contributed by atoms with E-state index in [1.807, 2.05) is 12.4 Å². The third kappa shape index (κ3) is 2.08. The number of anilines is 1. The van der Waals surface area contributed by atoms with Crippen molar-refractivity contribution in [3.8, 4) is 0 Å². The van der Waals surface area contributed by atoms with Gasteiger partial charge in [-0.15, -0.1) is 11.3 Å². The molecular weight excluding hydrogens is 200 g/mol. The zero-order valence-electron chi connectivity index (χ0n) is 7.28. The SMILES string of the molecule is Cc1ncsc1CNc1ccsc1. The Morgan fingerprint density at radius 3 is 3.08 bits per heavy atom. The highest BCUT2D eigenvalue weighted by Gasteiger charge is 2.00. The molecule has 4 heteroatoms. The van der Waals surface area contributed by atoms with Crippen molar-refractivity contribution in [1.82, 2.24) is 4.98 Å². The number of hydrogen-bond acceptors (Lipinski definition) is 4. The van der Waals surface area contributed by atoms with Crippen LogP contribution in [0.4, 0.5) is 5.69 Å². The van der Waals surface area contributed by atoms with Gasteiger partial charge in [0.2, 0.25) is 0 Å². The minimum atomic E-state index is 0.882. The second-order valence-electron chi connectivity index (χ2n) is 2.73. The molecule has 0 saturated heterocycles. The van der Waals surface area contributed by atoms with Crippen molar-refractivity contribution in [3.63, 3.8) is 0 Å². The molecule has 2 aromatic rings. The van der Waals surface area contributed by atoms with Gasteiger partial charge in [0.25, 0.3) is 0 Å². The van der Waals surface area contributed by atoms with E-state index in [-0.39, 0.29) is 0 Å². The number of rotatable bonds is 3. The molecule has 2 nitrogen and oxygen atoms in total. The van der Waals surface area contributed by atoms with E-state index in [1.54, 1.807) is 22.7 Å². The molecule has 1 N–H and O–H groups in total. The number of thiophene rings is 1. The van der Waals surface area contributed by atoms with E-state index < -0.39 is 0 Å². The maximum atomic E-state index is 4.20. The zero-order chi connectivity index (χ0) is 9.10. The van der Waals surface area contributed by atoms with Gasteiger partial charge in [-0.2, -0.15) is 11.3 Å². The Hall–Kier alpha value is -0.870. The molecular formula is C9H10N2S2. The molecule has 0 aromatic carbocycles. The van der Waals surface area contributed by atoms with Crippen molar-refractivity contribution in [2.24, 2.45) is 0 Å². The van der Waals surface area contributed by atoms with Crippen LogP contribution in [-0.2, 0) is 6.54 Å². The summed E-state index contributed by atoms with van der Waals surface area (Å²) >= 11 is 3.41. The summed E-state index contributed by atoms with van der Waals surface area (Å²) in [6, 6.07) is 2.08. The van der Waals surface area contributed by atoms with Crippen molar-refractivity contribution in [2.45, 2.75) is 13.5 Å². The van der Waals surface area contributed by atoms with Crippen LogP contribution in [0.3, 0.4) is 0 Å². The minimum absolute atomic E-state index is 0.882. The van der Waals surface area contributed by atoms with Crippen LogP contribution in [0.25, 0.3) is 0 Å². The molecule has 0 spiro atoms.